The van der Waals surface area contributed by atoms with Crippen molar-refractivity contribution in [2.75, 3.05) is 30.3 Å². The number of aryl methyl sites for hydroxylation is 1. The molecule has 3 N–H and O–H groups in total. The number of carbonyl (C=O) groups is 2. The van der Waals surface area contributed by atoms with Crippen molar-refractivity contribution in [3.05, 3.63) is 40.3 Å². The molecule has 2 amide bonds. The number of nitrogens with zero attached hydrogens (tertiary/aromatic N) is 4. The number of nitrogens with one attached hydrogen (secondary N) is 1. The topological polar surface area (TPSA) is 123 Å². The molecule has 0 radical (unpaired) electrons. The second-order valence-electron chi connectivity index (χ2n) is 11.8. The van der Waals surface area contributed by atoms with Crippen molar-refractivity contribution < 1.29 is 23.5 Å². The molecular formula is C28H33FN6O4S. The normalized spacial score (nSPS) is 22.2. The molecule has 2 unspecified atom stereocenters. The van der Waals surface area contributed by atoms with Gasteiger partial charge in [-0.05, 0) is 52.7 Å². The van der Waals surface area contributed by atoms with E-state index in [2.05, 4.69) is 15.3 Å². The van der Waals surface area contributed by atoms with E-state index in [0.717, 1.165) is 23.9 Å². The SMILES string of the molecule is Cc1ccc2c(N)c(C(=O)N[C@H]3COc4cc(N5CC6CCC(C5)N6C(=O)OC(C)(C)C)nc(F)c4C3)sc2n1. The van der Waals surface area contributed by atoms with Crippen LogP contribution < -0.4 is 20.7 Å². The van der Waals surface area contributed by atoms with Gasteiger partial charge in [-0.15, -0.1) is 11.3 Å². The summed E-state index contributed by atoms with van der Waals surface area (Å²) in [6.07, 6.45) is 1.68. The number of aromatic nitrogens is 2. The minimum Gasteiger partial charge on any atom is -0.491 e. The molecule has 3 aliphatic heterocycles. The Bertz CT molecular complexity index is 1490. The molecule has 6 rings (SSSR count). The number of ether oxygens (including phenoxy) is 2. The lowest BCUT2D eigenvalue weighted by molar-refractivity contribution is 0.0122. The number of amides is 2. The predicted octanol–water partition coefficient (Wildman–Crippen LogP) is 4.04. The molecule has 2 fully saturated rings. The Morgan fingerprint density at radius 3 is 2.62 bits per heavy atom. The highest BCUT2D eigenvalue weighted by Gasteiger charge is 2.45. The first-order chi connectivity index (χ1) is 19.0. The van der Waals surface area contributed by atoms with Crippen LogP contribution in [0.2, 0.25) is 0 Å². The van der Waals surface area contributed by atoms with E-state index in [9.17, 15) is 9.59 Å². The van der Waals surface area contributed by atoms with Crippen molar-refractivity contribution in [3.63, 3.8) is 0 Å². The number of nitrogen functional groups attached to an aromatic ring is 1. The second kappa shape index (κ2) is 9.76. The molecule has 6 heterocycles. The van der Waals surface area contributed by atoms with Crippen LogP contribution in [0.25, 0.3) is 10.2 Å². The second-order valence-corrected chi connectivity index (χ2v) is 12.8. The molecule has 40 heavy (non-hydrogen) atoms. The number of anilines is 2. The number of thiophene rings is 1. The van der Waals surface area contributed by atoms with Crippen LogP contribution >= 0.6 is 11.3 Å². The van der Waals surface area contributed by atoms with Crippen LogP contribution in [0.15, 0.2) is 18.2 Å². The Labute approximate surface area is 235 Å². The molecule has 3 aliphatic rings. The molecule has 0 aliphatic carbocycles. The summed E-state index contributed by atoms with van der Waals surface area (Å²) in [7, 11) is 0. The Balaban J connectivity index is 1.14. The third-order valence-electron chi connectivity index (χ3n) is 7.59. The lowest BCUT2D eigenvalue weighted by Gasteiger charge is -2.42. The summed E-state index contributed by atoms with van der Waals surface area (Å²) >= 11 is 1.24. The first-order valence-corrected chi connectivity index (χ1v) is 14.3. The van der Waals surface area contributed by atoms with Crippen molar-refractivity contribution in [2.24, 2.45) is 0 Å². The van der Waals surface area contributed by atoms with E-state index in [4.69, 9.17) is 15.2 Å². The summed E-state index contributed by atoms with van der Waals surface area (Å²) in [5.74, 6) is -0.0378. The quantitative estimate of drug-likeness (QED) is 0.454. The largest absolute Gasteiger partial charge is 0.491 e. The Morgan fingerprint density at radius 2 is 1.93 bits per heavy atom. The number of hydrogen-bond acceptors (Lipinski definition) is 9. The Hall–Kier alpha value is -3.67. The summed E-state index contributed by atoms with van der Waals surface area (Å²) in [5, 5.41) is 3.68. The zero-order valence-electron chi connectivity index (χ0n) is 23.0. The maximum Gasteiger partial charge on any atom is 0.410 e. The van der Waals surface area contributed by atoms with Crippen LogP contribution in [0.5, 0.6) is 5.75 Å². The lowest BCUT2D eigenvalue weighted by atomic mass is 10.0. The van der Waals surface area contributed by atoms with Crippen molar-refractivity contribution in [1.82, 2.24) is 20.2 Å². The van der Waals surface area contributed by atoms with E-state index in [1.807, 2.05) is 49.6 Å². The van der Waals surface area contributed by atoms with Gasteiger partial charge in [0, 0.05) is 36.7 Å². The van der Waals surface area contributed by atoms with Gasteiger partial charge >= 0.3 is 6.09 Å². The maximum atomic E-state index is 15.3. The average Bonchev–Trinajstić information content (AvgIpc) is 3.35. The highest BCUT2D eigenvalue weighted by Crippen LogP contribution is 2.37. The van der Waals surface area contributed by atoms with Gasteiger partial charge in [-0.25, -0.2) is 14.8 Å². The van der Waals surface area contributed by atoms with E-state index < -0.39 is 17.6 Å². The fourth-order valence-electron chi connectivity index (χ4n) is 5.78. The minimum absolute atomic E-state index is 0.0181. The van der Waals surface area contributed by atoms with Crippen LogP contribution in [-0.2, 0) is 11.2 Å². The zero-order chi connectivity index (χ0) is 28.3. The fraction of sp³-hybridized carbons (Fsp3) is 0.500. The minimum atomic E-state index is -0.616. The van der Waals surface area contributed by atoms with Crippen LogP contribution in [0.1, 0.15) is 54.5 Å². The Kier molecular flexibility index (Phi) is 6.47. The smallest absolute Gasteiger partial charge is 0.410 e. The number of fused-ring (bicyclic) bond motifs is 4. The number of nitrogens with two attached hydrogens (primary N) is 1. The van der Waals surface area contributed by atoms with Gasteiger partial charge in [0.1, 0.15) is 33.5 Å². The summed E-state index contributed by atoms with van der Waals surface area (Å²) in [5.41, 5.74) is 7.24. The molecule has 10 nitrogen and oxygen atoms in total. The van der Waals surface area contributed by atoms with Crippen molar-refractivity contribution in [1.29, 1.82) is 0 Å². The predicted molar refractivity (Wildman–Crippen MR) is 151 cm³/mol. The van der Waals surface area contributed by atoms with Gasteiger partial charge < -0.3 is 25.4 Å². The third kappa shape index (κ3) is 4.89. The van der Waals surface area contributed by atoms with E-state index in [1.54, 1.807) is 6.07 Å². The van der Waals surface area contributed by atoms with E-state index in [-0.39, 0.29) is 37.1 Å². The van der Waals surface area contributed by atoms with Gasteiger partial charge in [0.15, 0.2) is 0 Å². The Morgan fingerprint density at radius 1 is 1.20 bits per heavy atom. The number of halogens is 1. The van der Waals surface area contributed by atoms with E-state index in [1.165, 1.54) is 11.3 Å². The van der Waals surface area contributed by atoms with E-state index >= 15 is 4.39 Å². The lowest BCUT2D eigenvalue weighted by Crippen LogP contribution is -2.57. The van der Waals surface area contributed by atoms with Gasteiger partial charge in [0.25, 0.3) is 5.91 Å². The molecule has 12 heteroatoms. The van der Waals surface area contributed by atoms with Crippen LogP contribution in [0, 0.1) is 12.9 Å². The highest BCUT2D eigenvalue weighted by molar-refractivity contribution is 7.21. The van der Waals surface area contributed by atoms with Crippen LogP contribution in [0.3, 0.4) is 0 Å². The van der Waals surface area contributed by atoms with Gasteiger partial charge in [0.05, 0.1) is 29.4 Å². The van der Waals surface area contributed by atoms with Gasteiger partial charge in [-0.3, -0.25) is 9.69 Å². The summed E-state index contributed by atoms with van der Waals surface area (Å²) in [6.45, 7) is 8.74. The first kappa shape index (κ1) is 26.5. The molecule has 2 saturated heterocycles. The van der Waals surface area contributed by atoms with Crippen molar-refractivity contribution in [3.8, 4) is 5.75 Å². The van der Waals surface area contributed by atoms with Crippen molar-refractivity contribution >= 4 is 45.1 Å². The summed E-state index contributed by atoms with van der Waals surface area (Å²) in [4.78, 5) is 39.5. The highest BCUT2D eigenvalue weighted by atomic mass is 32.1. The van der Waals surface area contributed by atoms with Crippen molar-refractivity contribution in [2.45, 2.75) is 70.7 Å². The summed E-state index contributed by atoms with van der Waals surface area (Å²) < 4.78 is 26.9. The molecule has 0 saturated carbocycles. The zero-order valence-corrected chi connectivity index (χ0v) is 23.8. The maximum absolute atomic E-state index is 15.3. The standard InChI is InChI=1S/C28H33FN6O4S/c1-14-5-8-18-22(30)23(40-26(18)31-14)25(36)32-15-9-19-20(38-13-15)10-21(33-24(19)29)34-11-16-6-7-17(12-34)35(16)27(37)39-28(2,3)4/h5,8,10,15-17H,6-7,9,11-13,30H2,1-4H3,(H,32,36)/t15-,16?,17?/m1/s1. The molecule has 0 aromatic carbocycles. The summed E-state index contributed by atoms with van der Waals surface area (Å²) in [6, 6.07) is 5.01. The molecule has 3 aromatic heterocycles. The molecule has 212 valence electrons. The third-order valence-corrected chi connectivity index (χ3v) is 8.71. The molecule has 2 bridgehead atoms. The molecule has 0 spiro atoms. The first-order valence-electron chi connectivity index (χ1n) is 13.5. The number of carbonyl (C=O) groups excluding carboxylic acids is 2. The molecule has 3 aromatic rings. The number of pyridine rings is 2. The molecule has 3 atom stereocenters. The molecular weight excluding hydrogens is 535 g/mol. The monoisotopic (exact) mass is 568 g/mol. The van der Waals surface area contributed by atoms with Crippen LogP contribution in [-0.4, -0.2) is 70.3 Å². The fourth-order valence-corrected chi connectivity index (χ4v) is 6.82. The van der Waals surface area contributed by atoms with E-state index in [0.29, 0.717) is 45.6 Å². The number of hydrogen-bond donors (Lipinski definition) is 2. The number of piperazine rings is 1. The van der Waals surface area contributed by atoms with Gasteiger partial charge in [-0.2, -0.15) is 4.39 Å². The average molecular weight is 569 g/mol. The van der Waals surface area contributed by atoms with Gasteiger partial charge in [-0.1, -0.05) is 0 Å². The van der Waals surface area contributed by atoms with Crippen LogP contribution in [0.4, 0.5) is 20.7 Å². The van der Waals surface area contributed by atoms with Gasteiger partial charge in [0.2, 0.25) is 5.95 Å². The number of rotatable bonds is 3.